The summed E-state index contributed by atoms with van der Waals surface area (Å²) < 4.78 is 19.1. The van der Waals surface area contributed by atoms with Gasteiger partial charge in [-0.1, -0.05) is 6.92 Å². The third-order valence-electron chi connectivity index (χ3n) is 3.28. The van der Waals surface area contributed by atoms with Crippen LogP contribution in [0, 0.1) is 12.7 Å². The Balaban J connectivity index is 2.06. The average molecular weight is 285 g/mol. The highest BCUT2D eigenvalue weighted by Gasteiger charge is 2.19. The SMILES string of the molecule is CCNC(c1ccnc(C)n1)c1cc2cc(F)ccc2o1. The van der Waals surface area contributed by atoms with Crippen molar-refractivity contribution in [3.63, 3.8) is 0 Å². The standard InChI is InChI=1S/C16H16FN3O/c1-3-18-16(13-6-7-19-10(2)20-13)15-9-11-8-12(17)4-5-14(11)21-15/h4-9,16,18H,3H2,1-2H3. The van der Waals surface area contributed by atoms with Gasteiger partial charge in [0, 0.05) is 11.6 Å². The smallest absolute Gasteiger partial charge is 0.134 e. The molecule has 2 heterocycles. The van der Waals surface area contributed by atoms with Crippen molar-refractivity contribution in [2.45, 2.75) is 19.9 Å². The maximum absolute atomic E-state index is 13.3. The van der Waals surface area contributed by atoms with E-state index in [4.69, 9.17) is 4.42 Å². The predicted octanol–water partition coefficient (Wildman–Crippen LogP) is 3.37. The largest absolute Gasteiger partial charge is 0.459 e. The summed E-state index contributed by atoms with van der Waals surface area (Å²) in [6.07, 6.45) is 1.73. The Kier molecular flexibility index (Phi) is 3.66. The molecule has 1 aromatic carbocycles. The highest BCUT2D eigenvalue weighted by Crippen LogP contribution is 2.27. The van der Waals surface area contributed by atoms with Crippen LogP contribution in [0.4, 0.5) is 4.39 Å². The lowest BCUT2D eigenvalue weighted by Crippen LogP contribution is -2.22. The zero-order chi connectivity index (χ0) is 14.8. The molecule has 1 N–H and O–H groups in total. The Morgan fingerprint density at radius 3 is 2.90 bits per heavy atom. The Morgan fingerprint density at radius 1 is 1.29 bits per heavy atom. The van der Waals surface area contributed by atoms with Gasteiger partial charge in [-0.2, -0.15) is 0 Å². The van der Waals surface area contributed by atoms with E-state index in [1.807, 2.05) is 26.0 Å². The summed E-state index contributed by atoms with van der Waals surface area (Å²) in [5, 5.41) is 4.09. The molecular formula is C16H16FN3O. The van der Waals surface area contributed by atoms with E-state index in [1.54, 1.807) is 12.3 Å². The number of hydrogen-bond acceptors (Lipinski definition) is 4. The first-order valence-electron chi connectivity index (χ1n) is 6.89. The molecule has 1 unspecified atom stereocenters. The van der Waals surface area contributed by atoms with Crippen molar-refractivity contribution in [3.8, 4) is 0 Å². The van der Waals surface area contributed by atoms with Crippen molar-refractivity contribution in [1.29, 1.82) is 0 Å². The van der Waals surface area contributed by atoms with Crippen LogP contribution in [-0.4, -0.2) is 16.5 Å². The molecule has 0 saturated heterocycles. The lowest BCUT2D eigenvalue weighted by Gasteiger charge is -2.14. The number of rotatable bonds is 4. The Morgan fingerprint density at radius 2 is 2.14 bits per heavy atom. The summed E-state index contributed by atoms with van der Waals surface area (Å²) in [7, 11) is 0. The number of benzene rings is 1. The Hall–Kier alpha value is -2.27. The summed E-state index contributed by atoms with van der Waals surface area (Å²) in [5.74, 6) is 1.15. The van der Waals surface area contributed by atoms with Crippen molar-refractivity contribution in [1.82, 2.24) is 15.3 Å². The number of aryl methyl sites for hydroxylation is 1. The number of furan rings is 1. The monoisotopic (exact) mass is 285 g/mol. The summed E-state index contributed by atoms with van der Waals surface area (Å²) >= 11 is 0. The fraction of sp³-hybridized carbons (Fsp3) is 0.250. The van der Waals surface area contributed by atoms with E-state index in [1.165, 1.54) is 12.1 Å². The van der Waals surface area contributed by atoms with Crippen LogP contribution in [0.25, 0.3) is 11.0 Å². The van der Waals surface area contributed by atoms with Gasteiger partial charge in [-0.3, -0.25) is 0 Å². The molecule has 21 heavy (non-hydrogen) atoms. The summed E-state index contributed by atoms with van der Waals surface area (Å²) in [6, 6.07) is 8.04. The van der Waals surface area contributed by atoms with Crippen molar-refractivity contribution >= 4 is 11.0 Å². The number of fused-ring (bicyclic) bond motifs is 1. The maximum atomic E-state index is 13.3. The van der Waals surface area contributed by atoms with Gasteiger partial charge in [-0.15, -0.1) is 0 Å². The van der Waals surface area contributed by atoms with E-state index in [2.05, 4.69) is 15.3 Å². The first kappa shape index (κ1) is 13.7. The summed E-state index contributed by atoms with van der Waals surface area (Å²) in [6.45, 7) is 4.63. The minimum atomic E-state index is -0.271. The second-order valence-electron chi connectivity index (χ2n) is 4.85. The number of nitrogens with zero attached hydrogens (tertiary/aromatic N) is 2. The molecule has 4 nitrogen and oxygen atoms in total. The second-order valence-corrected chi connectivity index (χ2v) is 4.85. The van der Waals surface area contributed by atoms with Crippen LogP contribution in [0.1, 0.15) is 30.2 Å². The van der Waals surface area contributed by atoms with Gasteiger partial charge in [-0.05, 0) is 43.8 Å². The fourth-order valence-electron chi connectivity index (χ4n) is 2.37. The lowest BCUT2D eigenvalue weighted by molar-refractivity contribution is 0.470. The molecule has 2 aromatic heterocycles. The van der Waals surface area contributed by atoms with Crippen LogP contribution in [0.5, 0.6) is 0 Å². The van der Waals surface area contributed by atoms with Crippen LogP contribution >= 0.6 is 0 Å². The quantitative estimate of drug-likeness (QED) is 0.798. The molecule has 0 amide bonds. The molecule has 3 rings (SSSR count). The predicted molar refractivity (Wildman–Crippen MR) is 78.5 cm³/mol. The van der Waals surface area contributed by atoms with Crippen LogP contribution in [0.2, 0.25) is 0 Å². The normalized spacial score (nSPS) is 12.7. The number of halogens is 1. The fourth-order valence-corrected chi connectivity index (χ4v) is 2.37. The van der Waals surface area contributed by atoms with Crippen LogP contribution in [-0.2, 0) is 0 Å². The molecule has 0 fully saturated rings. The van der Waals surface area contributed by atoms with Crippen molar-refractivity contribution in [2.75, 3.05) is 6.54 Å². The van der Waals surface area contributed by atoms with Crippen molar-refractivity contribution < 1.29 is 8.81 Å². The number of nitrogens with one attached hydrogen (secondary N) is 1. The molecule has 5 heteroatoms. The van der Waals surface area contributed by atoms with Gasteiger partial charge in [0.25, 0.3) is 0 Å². The average Bonchev–Trinajstić information content (AvgIpc) is 2.87. The molecule has 1 atom stereocenters. The van der Waals surface area contributed by atoms with Gasteiger partial charge < -0.3 is 9.73 Å². The van der Waals surface area contributed by atoms with E-state index in [9.17, 15) is 4.39 Å². The summed E-state index contributed by atoms with van der Waals surface area (Å²) in [5.41, 5.74) is 1.50. The minimum absolute atomic E-state index is 0.174. The van der Waals surface area contributed by atoms with Crippen molar-refractivity contribution in [3.05, 3.63) is 59.6 Å². The Bertz CT molecular complexity index is 769. The molecule has 3 aromatic rings. The van der Waals surface area contributed by atoms with E-state index in [0.29, 0.717) is 11.4 Å². The molecule has 0 aliphatic rings. The first-order chi connectivity index (χ1) is 10.2. The van der Waals surface area contributed by atoms with E-state index in [-0.39, 0.29) is 11.9 Å². The molecule has 0 aliphatic heterocycles. The van der Waals surface area contributed by atoms with Crippen LogP contribution in [0.15, 0.2) is 40.9 Å². The van der Waals surface area contributed by atoms with Crippen molar-refractivity contribution in [2.24, 2.45) is 0 Å². The van der Waals surface area contributed by atoms with Crippen LogP contribution in [0.3, 0.4) is 0 Å². The maximum Gasteiger partial charge on any atom is 0.134 e. The zero-order valence-corrected chi connectivity index (χ0v) is 11.9. The third-order valence-corrected chi connectivity index (χ3v) is 3.28. The second kappa shape index (κ2) is 5.61. The lowest BCUT2D eigenvalue weighted by atomic mass is 10.1. The highest BCUT2D eigenvalue weighted by atomic mass is 19.1. The number of hydrogen-bond donors (Lipinski definition) is 1. The van der Waals surface area contributed by atoms with Gasteiger partial charge in [-0.25, -0.2) is 14.4 Å². The topological polar surface area (TPSA) is 51.0 Å². The van der Waals surface area contributed by atoms with Gasteiger partial charge in [0.2, 0.25) is 0 Å². The molecule has 0 bridgehead atoms. The van der Waals surface area contributed by atoms with E-state index in [0.717, 1.165) is 23.4 Å². The molecule has 0 saturated carbocycles. The Labute approximate surface area is 122 Å². The van der Waals surface area contributed by atoms with E-state index >= 15 is 0 Å². The molecule has 0 spiro atoms. The molecule has 0 radical (unpaired) electrons. The van der Waals surface area contributed by atoms with Gasteiger partial charge in [0.1, 0.15) is 29.0 Å². The van der Waals surface area contributed by atoms with Gasteiger partial charge in [0.15, 0.2) is 0 Å². The summed E-state index contributed by atoms with van der Waals surface area (Å²) in [4.78, 5) is 8.56. The molecule has 0 aliphatic carbocycles. The zero-order valence-electron chi connectivity index (χ0n) is 11.9. The highest BCUT2D eigenvalue weighted by molar-refractivity contribution is 5.78. The minimum Gasteiger partial charge on any atom is -0.459 e. The van der Waals surface area contributed by atoms with Gasteiger partial charge >= 0.3 is 0 Å². The van der Waals surface area contributed by atoms with Crippen LogP contribution < -0.4 is 5.32 Å². The van der Waals surface area contributed by atoms with Gasteiger partial charge in [0.05, 0.1) is 5.69 Å². The third kappa shape index (κ3) is 2.78. The molecule has 108 valence electrons. The first-order valence-corrected chi connectivity index (χ1v) is 6.89. The van der Waals surface area contributed by atoms with E-state index < -0.39 is 0 Å². The number of aromatic nitrogens is 2. The molecular weight excluding hydrogens is 269 g/mol.